The summed E-state index contributed by atoms with van der Waals surface area (Å²) in [5, 5.41) is 1.22. The zero-order valence-corrected chi connectivity index (χ0v) is 12.9. The molecular formula is C17H26N2O. The van der Waals surface area contributed by atoms with Crippen molar-refractivity contribution in [2.75, 3.05) is 26.2 Å². The molecule has 0 amide bonds. The number of aromatic nitrogens is 1. The third kappa shape index (κ3) is 3.34. The van der Waals surface area contributed by atoms with Gasteiger partial charge in [0.1, 0.15) is 5.75 Å². The molecule has 1 aromatic carbocycles. The van der Waals surface area contributed by atoms with E-state index < -0.39 is 0 Å². The van der Waals surface area contributed by atoms with Crippen molar-refractivity contribution >= 4 is 10.9 Å². The number of ether oxygens (including phenoxy) is 1. The number of fused-ring (bicyclic) bond motifs is 1. The highest BCUT2D eigenvalue weighted by atomic mass is 16.5. The van der Waals surface area contributed by atoms with E-state index in [0.717, 1.165) is 45.0 Å². The van der Waals surface area contributed by atoms with E-state index in [-0.39, 0.29) is 0 Å². The molecule has 110 valence electrons. The fraction of sp³-hybridized carbons (Fsp3) is 0.529. The number of rotatable bonds is 8. The third-order valence-corrected chi connectivity index (χ3v) is 3.79. The first-order valence-electron chi connectivity index (χ1n) is 7.73. The van der Waals surface area contributed by atoms with Gasteiger partial charge in [-0.1, -0.05) is 26.8 Å². The lowest BCUT2D eigenvalue weighted by Crippen LogP contribution is -2.26. The highest BCUT2D eigenvalue weighted by molar-refractivity contribution is 5.86. The summed E-state index contributed by atoms with van der Waals surface area (Å²) in [4.78, 5) is 2.45. The van der Waals surface area contributed by atoms with Gasteiger partial charge < -0.3 is 14.2 Å². The molecule has 0 fully saturated rings. The Labute approximate surface area is 122 Å². The molecule has 3 nitrogen and oxygen atoms in total. The number of likely N-dealkylation sites (N-methyl/N-ethyl adjacent to an activating group) is 1. The fourth-order valence-electron chi connectivity index (χ4n) is 2.52. The summed E-state index contributed by atoms with van der Waals surface area (Å²) < 4.78 is 8.15. The van der Waals surface area contributed by atoms with Crippen LogP contribution < -0.4 is 4.74 Å². The molecule has 1 aromatic heterocycles. The highest BCUT2D eigenvalue weighted by Crippen LogP contribution is 2.26. The lowest BCUT2D eigenvalue weighted by atomic mass is 10.2. The molecule has 0 unspecified atom stereocenters. The molecular weight excluding hydrogens is 248 g/mol. The molecule has 0 aliphatic rings. The molecule has 0 saturated carbocycles. The van der Waals surface area contributed by atoms with Gasteiger partial charge in [-0.3, -0.25) is 0 Å². The average molecular weight is 274 g/mol. The summed E-state index contributed by atoms with van der Waals surface area (Å²) in [7, 11) is 0. The maximum absolute atomic E-state index is 5.83. The van der Waals surface area contributed by atoms with Crippen molar-refractivity contribution < 1.29 is 4.74 Å². The summed E-state index contributed by atoms with van der Waals surface area (Å²) in [6.07, 6.45) is 3.21. The standard InChI is InChI=1S/C17H26N2O/c1-4-14-20-17-9-7-8-16-15(17)10-11-19(16)13-12-18(5-2)6-3/h7-11H,4-6,12-14H2,1-3H3. The van der Waals surface area contributed by atoms with E-state index in [2.05, 4.69) is 60.7 Å². The molecule has 2 aromatic rings. The zero-order chi connectivity index (χ0) is 14.4. The molecule has 0 bridgehead atoms. The average Bonchev–Trinajstić information content (AvgIpc) is 2.90. The predicted molar refractivity (Wildman–Crippen MR) is 85.5 cm³/mol. The monoisotopic (exact) mass is 274 g/mol. The molecule has 0 saturated heterocycles. The Kier molecular flexibility index (Phi) is 5.48. The maximum Gasteiger partial charge on any atom is 0.128 e. The van der Waals surface area contributed by atoms with Crippen LogP contribution in [0, 0.1) is 0 Å². The van der Waals surface area contributed by atoms with E-state index in [9.17, 15) is 0 Å². The van der Waals surface area contributed by atoms with Gasteiger partial charge in [0.25, 0.3) is 0 Å². The van der Waals surface area contributed by atoms with Crippen LogP contribution in [-0.4, -0.2) is 35.7 Å². The van der Waals surface area contributed by atoms with E-state index in [1.807, 2.05) is 0 Å². The van der Waals surface area contributed by atoms with Gasteiger partial charge in [0.05, 0.1) is 12.1 Å². The Bertz CT molecular complexity index is 529. The lowest BCUT2D eigenvalue weighted by molar-refractivity contribution is 0.292. The lowest BCUT2D eigenvalue weighted by Gasteiger charge is -2.18. The predicted octanol–water partition coefficient (Wildman–Crippen LogP) is 3.77. The molecule has 0 spiro atoms. The normalized spacial score (nSPS) is 11.4. The van der Waals surface area contributed by atoms with E-state index >= 15 is 0 Å². The van der Waals surface area contributed by atoms with Crippen molar-refractivity contribution in [3.05, 3.63) is 30.5 Å². The second kappa shape index (κ2) is 7.34. The van der Waals surface area contributed by atoms with Crippen LogP contribution >= 0.6 is 0 Å². The number of hydrogen-bond donors (Lipinski definition) is 0. The van der Waals surface area contributed by atoms with Crippen LogP contribution in [0.1, 0.15) is 27.2 Å². The minimum absolute atomic E-state index is 0.781. The highest BCUT2D eigenvalue weighted by Gasteiger charge is 2.07. The minimum atomic E-state index is 0.781. The summed E-state index contributed by atoms with van der Waals surface area (Å²) in [6.45, 7) is 11.7. The summed E-state index contributed by atoms with van der Waals surface area (Å²) in [5.41, 5.74) is 1.27. The molecule has 0 radical (unpaired) electrons. The van der Waals surface area contributed by atoms with Crippen LogP contribution in [0.3, 0.4) is 0 Å². The van der Waals surface area contributed by atoms with Crippen molar-refractivity contribution in [3.63, 3.8) is 0 Å². The van der Waals surface area contributed by atoms with Crippen LogP contribution in [0.2, 0.25) is 0 Å². The molecule has 1 heterocycles. The van der Waals surface area contributed by atoms with Gasteiger partial charge >= 0.3 is 0 Å². The van der Waals surface area contributed by atoms with Crippen molar-refractivity contribution in [2.24, 2.45) is 0 Å². The van der Waals surface area contributed by atoms with Crippen molar-refractivity contribution in [1.82, 2.24) is 9.47 Å². The molecule has 0 atom stereocenters. The van der Waals surface area contributed by atoms with Gasteiger partial charge in [-0.25, -0.2) is 0 Å². The van der Waals surface area contributed by atoms with Gasteiger partial charge in [0, 0.05) is 24.7 Å². The minimum Gasteiger partial charge on any atom is -0.493 e. The summed E-state index contributed by atoms with van der Waals surface area (Å²) in [5.74, 6) is 1.01. The van der Waals surface area contributed by atoms with Crippen LogP contribution in [0.5, 0.6) is 5.75 Å². The molecule has 20 heavy (non-hydrogen) atoms. The molecule has 3 heteroatoms. The smallest absolute Gasteiger partial charge is 0.128 e. The van der Waals surface area contributed by atoms with Crippen LogP contribution in [0.25, 0.3) is 10.9 Å². The quantitative estimate of drug-likeness (QED) is 0.729. The zero-order valence-electron chi connectivity index (χ0n) is 12.9. The number of nitrogens with zero attached hydrogens (tertiary/aromatic N) is 2. The van der Waals surface area contributed by atoms with Gasteiger partial charge in [0.15, 0.2) is 0 Å². The maximum atomic E-state index is 5.83. The van der Waals surface area contributed by atoms with Crippen molar-refractivity contribution in [2.45, 2.75) is 33.7 Å². The van der Waals surface area contributed by atoms with Crippen molar-refractivity contribution in [1.29, 1.82) is 0 Å². The topological polar surface area (TPSA) is 17.4 Å². The van der Waals surface area contributed by atoms with Gasteiger partial charge in [0.2, 0.25) is 0 Å². The molecule has 0 aliphatic heterocycles. The van der Waals surface area contributed by atoms with E-state index in [1.54, 1.807) is 0 Å². The first kappa shape index (κ1) is 14.9. The van der Waals surface area contributed by atoms with Crippen molar-refractivity contribution in [3.8, 4) is 5.75 Å². The summed E-state index contributed by atoms with van der Waals surface area (Å²) >= 11 is 0. The van der Waals surface area contributed by atoms with Gasteiger partial charge in [-0.05, 0) is 37.7 Å². The van der Waals surface area contributed by atoms with E-state index in [1.165, 1.54) is 10.9 Å². The number of hydrogen-bond acceptors (Lipinski definition) is 2. The Morgan fingerprint density at radius 3 is 2.60 bits per heavy atom. The molecule has 0 aliphatic carbocycles. The van der Waals surface area contributed by atoms with Gasteiger partial charge in [-0.2, -0.15) is 0 Å². The summed E-state index contributed by atoms with van der Waals surface area (Å²) in [6, 6.07) is 8.49. The van der Waals surface area contributed by atoms with Crippen LogP contribution in [-0.2, 0) is 6.54 Å². The Morgan fingerprint density at radius 2 is 1.90 bits per heavy atom. The SMILES string of the molecule is CCCOc1cccc2c1ccn2CCN(CC)CC. The number of benzene rings is 1. The second-order valence-electron chi connectivity index (χ2n) is 5.07. The third-order valence-electron chi connectivity index (χ3n) is 3.79. The van der Waals surface area contributed by atoms with Crippen LogP contribution in [0.4, 0.5) is 0 Å². The Hall–Kier alpha value is -1.48. The molecule has 0 N–H and O–H groups in total. The van der Waals surface area contributed by atoms with E-state index in [0.29, 0.717) is 0 Å². The second-order valence-corrected chi connectivity index (χ2v) is 5.07. The van der Waals surface area contributed by atoms with Crippen LogP contribution in [0.15, 0.2) is 30.5 Å². The van der Waals surface area contributed by atoms with Gasteiger partial charge in [-0.15, -0.1) is 0 Å². The first-order valence-corrected chi connectivity index (χ1v) is 7.73. The fourth-order valence-corrected chi connectivity index (χ4v) is 2.52. The molecule has 2 rings (SSSR count). The Morgan fingerprint density at radius 1 is 1.10 bits per heavy atom. The largest absolute Gasteiger partial charge is 0.493 e. The first-order chi connectivity index (χ1) is 9.80. The van der Waals surface area contributed by atoms with E-state index in [4.69, 9.17) is 4.74 Å². The Balaban J connectivity index is 2.15.